The van der Waals surface area contributed by atoms with E-state index < -0.39 is 5.97 Å². The van der Waals surface area contributed by atoms with Crippen LogP contribution in [0.1, 0.15) is 46.0 Å². The van der Waals surface area contributed by atoms with Crippen molar-refractivity contribution in [2.45, 2.75) is 59.0 Å². The molecule has 0 saturated heterocycles. The number of benzene rings is 4. The number of hydrogen-bond acceptors (Lipinski definition) is 13. The minimum absolute atomic E-state index is 0. The zero-order valence-corrected chi connectivity index (χ0v) is 41.6. The molecule has 2 aromatic heterocycles. The first kappa shape index (κ1) is 59.7. The molecule has 0 unspecified atom stereocenters. The molecule has 0 aliphatic rings. The van der Waals surface area contributed by atoms with E-state index in [2.05, 4.69) is 57.3 Å². The number of carbonyl (C=O) groups is 4. The van der Waals surface area contributed by atoms with E-state index in [4.69, 9.17) is 51.3 Å². The summed E-state index contributed by atoms with van der Waals surface area (Å²) in [6.45, 7) is 5.56. The van der Waals surface area contributed by atoms with E-state index >= 15 is 0 Å². The van der Waals surface area contributed by atoms with E-state index in [-0.39, 0.29) is 38.2 Å². The van der Waals surface area contributed by atoms with Gasteiger partial charge in [0.25, 0.3) is 0 Å². The molecular formula is C52H69N13O10+2. The SMILES string of the molecule is C.CNC(=O)CCOCCNC(=O)CCC[n+]1c2cc(N)ccc2cc2ccc(N=[N+]=[N-])cc21.[N-]=[N+]=Nc1ccc2cc3ccc(N)cc3[n+](CCCC(=O)NCCOCCOCCOCCOCCC(=O)O)c2c1. The lowest BCUT2D eigenvalue weighted by molar-refractivity contribution is -0.645. The Morgan fingerprint density at radius 1 is 0.520 bits per heavy atom. The largest absolute Gasteiger partial charge is 0.481 e. The van der Waals surface area contributed by atoms with Crippen molar-refractivity contribution in [2.24, 2.45) is 10.2 Å². The van der Waals surface area contributed by atoms with Crippen LogP contribution in [-0.4, -0.2) is 115 Å². The molecule has 4 aromatic carbocycles. The lowest BCUT2D eigenvalue weighted by Crippen LogP contribution is -2.36. The summed E-state index contributed by atoms with van der Waals surface area (Å²) in [5, 5.41) is 28.2. The number of aromatic nitrogens is 2. The normalized spacial score (nSPS) is 10.7. The molecule has 6 aromatic rings. The van der Waals surface area contributed by atoms with Crippen molar-refractivity contribution >= 4 is 90.1 Å². The Hall–Kier alpha value is -7.88. The molecule has 0 fully saturated rings. The molecule has 23 nitrogen and oxygen atoms in total. The van der Waals surface area contributed by atoms with Crippen LogP contribution in [0.5, 0.6) is 0 Å². The molecule has 0 atom stereocenters. The summed E-state index contributed by atoms with van der Waals surface area (Å²) in [4.78, 5) is 51.9. The number of pyridine rings is 2. The predicted octanol–water partition coefficient (Wildman–Crippen LogP) is 6.73. The second-order valence-corrected chi connectivity index (χ2v) is 16.6. The van der Waals surface area contributed by atoms with Gasteiger partial charge in [-0.15, -0.1) is 0 Å². The van der Waals surface area contributed by atoms with Gasteiger partial charge in [-0.05, 0) is 59.6 Å². The van der Waals surface area contributed by atoms with Gasteiger partial charge in [0.2, 0.25) is 39.8 Å². The first-order valence-electron chi connectivity index (χ1n) is 24.3. The minimum Gasteiger partial charge on any atom is -0.481 e. The number of carboxylic acid groups (broad SMARTS) is 1. The Balaban J connectivity index is 0.000000327. The number of carboxylic acids is 1. The van der Waals surface area contributed by atoms with E-state index in [0.717, 1.165) is 43.6 Å². The number of ether oxygens (including phenoxy) is 5. The topological polar surface area (TPSA) is 328 Å². The molecule has 3 amide bonds. The number of amides is 3. The lowest BCUT2D eigenvalue weighted by atomic mass is 10.1. The van der Waals surface area contributed by atoms with Crippen molar-refractivity contribution in [3.63, 3.8) is 0 Å². The van der Waals surface area contributed by atoms with Gasteiger partial charge in [-0.2, -0.15) is 9.13 Å². The summed E-state index contributed by atoms with van der Waals surface area (Å²) >= 11 is 0. The number of anilines is 2. The van der Waals surface area contributed by atoms with E-state index in [0.29, 0.717) is 140 Å². The van der Waals surface area contributed by atoms with Crippen molar-refractivity contribution < 1.29 is 57.1 Å². The highest BCUT2D eigenvalue weighted by molar-refractivity contribution is 5.92. The monoisotopic (exact) mass is 1040 g/mol. The smallest absolute Gasteiger partial charge is 0.305 e. The van der Waals surface area contributed by atoms with E-state index in [1.165, 1.54) is 0 Å². The summed E-state index contributed by atoms with van der Waals surface area (Å²) in [7, 11) is 1.58. The van der Waals surface area contributed by atoms with Crippen LogP contribution in [0.3, 0.4) is 0 Å². The Kier molecular flexibility index (Phi) is 26.3. The number of hydrogen-bond donors (Lipinski definition) is 6. The van der Waals surface area contributed by atoms with Crippen LogP contribution < -0.4 is 36.6 Å². The minimum atomic E-state index is -0.888. The summed E-state index contributed by atoms with van der Waals surface area (Å²) in [6.07, 6.45) is 2.19. The fourth-order valence-electron chi connectivity index (χ4n) is 7.72. The fourth-order valence-corrected chi connectivity index (χ4v) is 7.72. The third-order valence-corrected chi connectivity index (χ3v) is 11.3. The molecule has 0 saturated carbocycles. The van der Waals surface area contributed by atoms with Gasteiger partial charge in [0.1, 0.15) is 13.1 Å². The van der Waals surface area contributed by atoms with Crippen molar-refractivity contribution in [2.75, 3.05) is 97.7 Å². The molecule has 23 heteroatoms. The number of nitrogens with one attached hydrogen (secondary N) is 3. The van der Waals surface area contributed by atoms with Gasteiger partial charge in [0, 0.05) is 131 Å². The molecular weight excluding hydrogens is 967 g/mol. The summed E-state index contributed by atoms with van der Waals surface area (Å²) in [5.74, 6) is -1.09. The van der Waals surface area contributed by atoms with Crippen LogP contribution in [0.4, 0.5) is 22.7 Å². The lowest BCUT2D eigenvalue weighted by Gasteiger charge is -2.09. The highest BCUT2D eigenvalue weighted by Crippen LogP contribution is 2.26. The number of fused-ring (bicyclic) bond motifs is 4. The number of rotatable bonds is 31. The highest BCUT2D eigenvalue weighted by atomic mass is 16.6. The molecule has 0 spiro atoms. The van der Waals surface area contributed by atoms with Gasteiger partial charge < -0.3 is 56.2 Å². The van der Waals surface area contributed by atoms with Crippen LogP contribution in [0.15, 0.2) is 95.2 Å². The van der Waals surface area contributed by atoms with Gasteiger partial charge in [-0.1, -0.05) is 29.8 Å². The number of aryl methyl sites for hydroxylation is 2. The summed E-state index contributed by atoms with van der Waals surface area (Å²) in [5.41, 5.74) is 35.7. The first-order valence-corrected chi connectivity index (χ1v) is 24.3. The second-order valence-electron chi connectivity index (χ2n) is 16.6. The predicted molar refractivity (Wildman–Crippen MR) is 286 cm³/mol. The molecule has 0 aliphatic carbocycles. The van der Waals surface area contributed by atoms with Gasteiger partial charge in [0.15, 0.2) is 0 Å². The summed E-state index contributed by atoms with van der Waals surface area (Å²) < 4.78 is 30.9. The second kappa shape index (κ2) is 33.0. The first-order chi connectivity index (χ1) is 36.0. The van der Waals surface area contributed by atoms with Gasteiger partial charge in [-0.25, -0.2) is 0 Å². The Labute approximate surface area is 434 Å². The van der Waals surface area contributed by atoms with Gasteiger partial charge in [0.05, 0.1) is 72.5 Å². The fraction of sp³-hybridized carbons (Fsp3) is 0.423. The summed E-state index contributed by atoms with van der Waals surface area (Å²) in [6, 6.07) is 26.7. The molecule has 75 heavy (non-hydrogen) atoms. The average molecular weight is 1040 g/mol. The number of carbonyl (C=O) groups excluding carboxylic acids is 3. The third kappa shape index (κ3) is 20.5. The van der Waals surface area contributed by atoms with E-state index in [9.17, 15) is 19.2 Å². The molecule has 8 N–H and O–H groups in total. The standard InChI is InChI=1S/C28H36N6O7.C23H27N7O3.CH4/c29-23-5-3-21-18-22-4-6-24(32-33-30)20-26(22)34(25(21)19-23)9-1-2-27(35)31-8-11-39-13-15-41-17-16-40-14-12-38-10-7-28(36)37;1-26-22(31)8-11-33-12-9-27-23(32)3-2-10-30-20-14-18(24)6-4-16(20)13-17-5-7-19(28-29-25)15-21(17)30;/h3-6,18-20,29H,1-2,7-17H2,(H2,31,35,36,37);4-7,13-15,24H,2-3,8-12H2,1H3,(H2,26,27,31,32);1H4/p+2. The third-order valence-electron chi connectivity index (χ3n) is 11.3. The Bertz CT molecular complexity index is 2950. The van der Waals surface area contributed by atoms with Gasteiger partial charge in [-0.3, -0.25) is 19.2 Å². The Morgan fingerprint density at radius 3 is 1.31 bits per heavy atom. The van der Waals surface area contributed by atoms with Gasteiger partial charge >= 0.3 is 5.97 Å². The quantitative estimate of drug-likeness (QED) is 0.00502. The van der Waals surface area contributed by atoms with E-state index in [1.807, 2.05) is 60.7 Å². The maximum Gasteiger partial charge on any atom is 0.305 e. The van der Waals surface area contributed by atoms with Crippen LogP contribution in [-0.2, 0) is 56.0 Å². The molecule has 2 heterocycles. The molecule has 0 radical (unpaired) electrons. The highest BCUT2D eigenvalue weighted by Gasteiger charge is 2.19. The van der Waals surface area contributed by atoms with Crippen molar-refractivity contribution in [1.29, 1.82) is 0 Å². The number of nitrogen functional groups attached to an aromatic ring is 2. The molecule has 6 rings (SSSR count). The Morgan fingerprint density at radius 2 is 0.893 bits per heavy atom. The molecule has 0 bridgehead atoms. The van der Waals surface area contributed by atoms with Crippen LogP contribution in [0, 0.1) is 0 Å². The number of aliphatic carboxylic acids is 1. The van der Waals surface area contributed by atoms with Crippen molar-refractivity contribution in [3.05, 3.63) is 106 Å². The van der Waals surface area contributed by atoms with Crippen molar-refractivity contribution in [1.82, 2.24) is 16.0 Å². The zero-order valence-electron chi connectivity index (χ0n) is 41.6. The van der Waals surface area contributed by atoms with Crippen LogP contribution in [0.2, 0.25) is 0 Å². The zero-order chi connectivity index (χ0) is 52.9. The number of nitrogens with zero attached hydrogens (tertiary/aromatic N) is 8. The number of azide groups is 2. The maximum atomic E-state index is 12.4. The number of nitrogens with two attached hydrogens (primary N) is 2. The van der Waals surface area contributed by atoms with Crippen molar-refractivity contribution in [3.8, 4) is 0 Å². The van der Waals surface area contributed by atoms with E-state index in [1.54, 1.807) is 19.2 Å². The average Bonchev–Trinajstić information content (AvgIpc) is 3.38. The van der Waals surface area contributed by atoms with Crippen LogP contribution in [0.25, 0.3) is 64.5 Å². The van der Waals surface area contributed by atoms with Crippen LogP contribution >= 0.6 is 0 Å². The molecule has 400 valence electrons. The molecule has 0 aliphatic heterocycles. The maximum absolute atomic E-state index is 12.4.